The predicted octanol–water partition coefficient (Wildman–Crippen LogP) is 3.53. The molecule has 2 bridgehead atoms. The number of aromatic nitrogens is 3. The smallest absolute Gasteiger partial charge is 0.246 e. The molecule has 3 unspecified atom stereocenters. The molecule has 2 N–H and O–H groups in total. The van der Waals surface area contributed by atoms with Crippen molar-refractivity contribution in [3.05, 3.63) is 54.2 Å². The van der Waals surface area contributed by atoms with E-state index in [-0.39, 0.29) is 23.6 Å². The van der Waals surface area contributed by atoms with Crippen LogP contribution < -0.4 is 0 Å². The molecule has 1 aliphatic heterocycles. The van der Waals surface area contributed by atoms with E-state index >= 15 is 0 Å². The molecular formula is C22H22N4O2. The van der Waals surface area contributed by atoms with E-state index in [0.717, 1.165) is 41.7 Å². The molecule has 2 aliphatic rings. The summed E-state index contributed by atoms with van der Waals surface area (Å²) >= 11 is 0. The summed E-state index contributed by atoms with van der Waals surface area (Å²) in [5.74, 6) is 1.04. The lowest BCUT2D eigenvalue weighted by Crippen LogP contribution is -2.40. The summed E-state index contributed by atoms with van der Waals surface area (Å²) in [5, 5.41) is 19.8. The zero-order valence-corrected chi connectivity index (χ0v) is 15.7. The number of benzene rings is 1. The Morgan fingerprint density at radius 3 is 2.89 bits per heavy atom. The summed E-state index contributed by atoms with van der Waals surface area (Å²) < 4.78 is 0. The summed E-state index contributed by atoms with van der Waals surface area (Å²) in [7, 11) is 0. The molecular weight excluding hydrogens is 352 g/mol. The van der Waals surface area contributed by atoms with Gasteiger partial charge in [0.25, 0.3) is 0 Å². The molecule has 1 aliphatic carbocycles. The van der Waals surface area contributed by atoms with Crippen LogP contribution in [0.4, 0.5) is 0 Å². The van der Waals surface area contributed by atoms with E-state index in [4.69, 9.17) is 0 Å². The van der Waals surface area contributed by atoms with Gasteiger partial charge in [-0.2, -0.15) is 0 Å². The lowest BCUT2D eigenvalue weighted by atomic mass is 9.92. The Kier molecular flexibility index (Phi) is 3.75. The van der Waals surface area contributed by atoms with Gasteiger partial charge in [0.2, 0.25) is 5.91 Å². The highest BCUT2D eigenvalue weighted by Gasteiger charge is 2.47. The maximum absolute atomic E-state index is 12.2. The number of carbonyl (C=O) groups excluding carboxylic acids is 1. The normalized spacial score (nSPS) is 23.5. The topological polar surface area (TPSA) is 82.1 Å². The van der Waals surface area contributed by atoms with Crippen molar-refractivity contribution in [3.8, 4) is 17.0 Å². The number of rotatable bonds is 3. The quantitative estimate of drug-likeness (QED) is 0.687. The van der Waals surface area contributed by atoms with Crippen LogP contribution >= 0.6 is 0 Å². The van der Waals surface area contributed by atoms with E-state index < -0.39 is 0 Å². The van der Waals surface area contributed by atoms with Crippen LogP contribution in [0.3, 0.4) is 0 Å². The van der Waals surface area contributed by atoms with Crippen LogP contribution in [0.2, 0.25) is 0 Å². The number of carbonyl (C=O) groups is 1. The number of phenols is 1. The molecule has 3 aromatic rings. The van der Waals surface area contributed by atoms with Crippen LogP contribution in [-0.4, -0.2) is 43.7 Å². The van der Waals surface area contributed by atoms with Gasteiger partial charge in [0.1, 0.15) is 5.75 Å². The van der Waals surface area contributed by atoms with Gasteiger partial charge in [0.05, 0.1) is 5.69 Å². The first kappa shape index (κ1) is 17.0. The first-order chi connectivity index (χ1) is 13.6. The number of amides is 1. The lowest BCUT2D eigenvalue weighted by Gasteiger charge is -2.32. The third kappa shape index (κ3) is 2.44. The Balaban J connectivity index is 1.55. The third-order valence-corrected chi connectivity index (χ3v) is 6.35. The summed E-state index contributed by atoms with van der Waals surface area (Å²) in [6.45, 7) is 6.58. The van der Waals surface area contributed by atoms with Gasteiger partial charge in [-0.05, 0) is 55.5 Å². The molecule has 6 heteroatoms. The summed E-state index contributed by atoms with van der Waals surface area (Å²) in [6, 6.07) is 9.34. The van der Waals surface area contributed by atoms with Crippen LogP contribution in [-0.2, 0) is 4.79 Å². The van der Waals surface area contributed by atoms with Gasteiger partial charge in [-0.25, -0.2) is 0 Å². The fraction of sp³-hybridized carbons (Fsp3) is 0.318. The average Bonchev–Trinajstić information content (AvgIpc) is 3.40. The molecule has 0 spiro atoms. The molecule has 1 saturated carbocycles. The van der Waals surface area contributed by atoms with E-state index in [9.17, 15) is 9.90 Å². The van der Waals surface area contributed by atoms with Crippen molar-refractivity contribution < 1.29 is 9.90 Å². The number of aryl methyl sites for hydroxylation is 1. The zero-order valence-electron chi connectivity index (χ0n) is 15.7. The number of nitrogens with zero attached hydrogens (tertiary/aromatic N) is 3. The molecule has 2 fully saturated rings. The maximum atomic E-state index is 12.2. The molecule has 28 heavy (non-hydrogen) atoms. The Bertz CT molecular complexity index is 1100. The Morgan fingerprint density at radius 2 is 2.14 bits per heavy atom. The second-order valence-electron chi connectivity index (χ2n) is 7.88. The molecule has 6 nitrogen and oxygen atoms in total. The minimum atomic E-state index is 0.0209. The van der Waals surface area contributed by atoms with Gasteiger partial charge in [0.15, 0.2) is 5.65 Å². The van der Waals surface area contributed by atoms with E-state index in [2.05, 4.69) is 28.7 Å². The van der Waals surface area contributed by atoms with E-state index in [1.165, 1.54) is 6.08 Å². The maximum Gasteiger partial charge on any atom is 0.246 e. The largest absolute Gasteiger partial charge is 0.507 e. The number of para-hydroxylation sites is 1. The first-order valence-electron chi connectivity index (χ1n) is 9.64. The number of hydrogen-bond donors (Lipinski definition) is 2. The van der Waals surface area contributed by atoms with Gasteiger partial charge in [-0.3, -0.25) is 4.79 Å². The summed E-state index contributed by atoms with van der Waals surface area (Å²) in [5.41, 5.74) is 4.35. The molecule has 1 amide bonds. The van der Waals surface area contributed by atoms with Gasteiger partial charge < -0.3 is 15.0 Å². The Morgan fingerprint density at radius 1 is 1.32 bits per heavy atom. The molecule has 3 heterocycles. The number of piperidine rings is 1. The lowest BCUT2D eigenvalue weighted by molar-refractivity contribution is -0.127. The number of likely N-dealkylation sites (tertiary alicyclic amines) is 1. The molecule has 3 atom stereocenters. The molecule has 2 aromatic heterocycles. The number of nitrogens with one attached hydrogen (secondary N) is 1. The molecule has 1 saturated heterocycles. The Hall–Kier alpha value is -3.15. The number of hydrogen-bond acceptors (Lipinski definition) is 4. The van der Waals surface area contributed by atoms with Gasteiger partial charge in [-0.15, -0.1) is 10.2 Å². The third-order valence-electron chi connectivity index (χ3n) is 6.35. The van der Waals surface area contributed by atoms with Crippen LogP contribution in [0.5, 0.6) is 5.75 Å². The second-order valence-corrected chi connectivity index (χ2v) is 7.88. The van der Waals surface area contributed by atoms with Crippen molar-refractivity contribution in [2.75, 3.05) is 6.54 Å². The van der Waals surface area contributed by atoms with E-state index in [1.54, 1.807) is 12.1 Å². The number of phenolic OH excluding ortho intramolecular Hbond substituents is 1. The molecule has 0 radical (unpaired) electrons. The summed E-state index contributed by atoms with van der Waals surface area (Å²) in [4.78, 5) is 17.7. The number of aromatic amines is 1. The highest BCUT2D eigenvalue weighted by molar-refractivity contribution is 5.88. The predicted molar refractivity (Wildman–Crippen MR) is 107 cm³/mol. The van der Waals surface area contributed by atoms with Crippen LogP contribution in [0.25, 0.3) is 22.3 Å². The van der Waals surface area contributed by atoms with Crippen molar-refractivity contribution in [3.63, 3.8) is 0 Å². The van der Waals surface area contributed by atoms with Crippen molar-refractivity contribution in [1.29, 1.82) is 0 Å². The fourth-order valence-corrected chi connectivity index (χ4v) is 5.04. The average molecular weight is 374 g/mol. The SMILES string of the molecule is C=CC(=O)N1CC2CC(c3[nH]c4nnc(-c5ccccc5O)cc4c3C)C1C2. The van der Waals surface area contributed by atoms with Gasteiger partial charge in [-0.1, -0.05) is 18.7 Å². The molecule has 1 aromatic carbocycles. The van der Waals surface area contributed by atoms with Crippen molar-refractivity contribution in [1.82, 2.24) is 20.1 Å². The zero-order chi connectivity index (χ0) is 19.4. The number of H-pyrrole nitrogens is 1. The fourth-order valence-electron chi connectivity index (χ4n) is 5.04. The van der Waals surface area contributed by atoms with Gasteiger partial charge in [0, 0.05) is 35.1 Å². The Labute approximate surface area is 162 Å². The highest BCUT2D eigenvalue weighted by atomic mass is 16.3. The molecule has 142 valence electrons. The summed E-state index contributed by atoms with van der Waals surface area (Å²) in [6.07, 6.45) is 3.55. The highest BCUT2D eigenvalue weighted by Crippen LogP contribution is 2.48. The van der Waals surface area contributed by atoms with Crippen molar-refractivity contribution >= 4 is 16.9 Å². The molecule has 5 rings (SSSR count). The van der Waals surface area contributed by atoms with Crippen LogP contribution in [0, 0.1) is 12.8 Å². The van der Waals surface area contributed by atoms with Crippen LogP contribution in [0.1, 0.15) is 30.0 Å². The van der Waals surface area contributed by atoms with Crippen molar-refractivity contribution in [2.24, 2.45) is 5.92 Å². The second kappa shape index (κ2) is 6.19. The minimum Gasteiger partial charge on any atom is -0.507 e. The van der Waals surface area contributed by atoms with E-state index in [0.29, 0.717) is 17.2 Å². The number of aromatic hydroxyl groups is 1. The van der Waals surface area contributed by atoms with E-state index in [1.807, 2.05) is 23.1 Å². The minimum absolute atomic E-state index is 0.0209. The van der Waals surface area contributed by atoms with Gasteiger partial charge >= 0.3 is 0 Å². The standard InChI is InChI=1S/C22H22N4O2/c1-3-20(28)26-11-13-8-16(18(26)9-13)21-12(2)15-10-17(24-25-22(15)23-21)14-6-4-5-7-19(14)27/h3-7,10,13,16,18,27H,1,8-9,11H2,2H3,(H,23,25). The first-order valence-corrected chi connectivity index (χ1v) is 9.64. The van der Waals surface area contributed by atoms with Crippen LogP contribution in [0.15, 0.2) is 43.0 Å². The monoisotopic (exact) mass is 374 g/mol. The number of fused-ring (bicyclic) bond motifs is 3. The van der Waals surface area contributed by atoms with Crippen molar-refractivity contribution in [2.45, 2.75) is 31.7 Å².